The van der Waals surface area contributed by atoms with Crippen molar-refractivity contribution in [2.24, 2.45) is 5.92 Å². The molecule has 6 heteroatoms. The molecule has 0 heterocycles. The quantitative estimate of drug-likeness (QED) is 0.627. The van der Waals surface area contributed by atoms with Crippen LogP contribution in [0.4, 0.5) is 16.2 Å². The first kappa shape index (κ1) is 21.3. The predicted molar refractivity (Wildman–Crippen MR) is 112 cm³/mol. The second-order valence-electron chi connectivity index (χ2n) is 6.88. The number of hydrogen-bond acceptors (Lipinski definition) is 4. The molecule has 1 atom stereocenters. The van der Waals surface area contributed by atoms with Crippen LogP contribution in [0, 0.1) is 12.8 Å². The summed E-state index contributed by atoms with van der Waals surface area (Å²) in [7, 11) is 0. The Kier molecular flexibility index (Phi) is 7.87. The third-order valence-corrected chi connectivity index (χ3v) is 4.43. The number of rotatable bonds is 8. The Labute approximate surface area is 166 Å². The van der Waals surface area contributed by atoms with Crippen LogP contribution in [-0.2, 0) is 9.53 Å². The molecule has 1 unspecified atom stereocenters. The number of anilines is 2. The van der Waals surface area contributed by atoms with Gasteiger partial charge in [-0.3, -0.25) is 10.1 Å². The second kappa shape index (κ2) is 10.3. The zero-order valence-corrected chi connectivity index (χ0v) is 16.9. The van der Waals surface area contributed by atoms with Crippen LogP contribution in [0.15, 0.2) is 48.5 Å². The zero-order chi connectivity index (χ0) is 20.5. The fourth-order valence-corrected chi connectivity index (χ4v) is 2.93. The van der Waals surface area contributed by atoms with E-state index in [1.807, 2.05) is 49.4 Å². The molecule has 0 radical (unpaired) electrons. The number of hydrogen-bond donors (Lipinski definition) is 3. The molecule has 0 aliphatic carbocycles. The van der Waals surface area contributed by atoms with Crippen LogP contribution in [0.3, 0.4) is 0 Å². The third kappa shape index (κ3) is 6.01. The smallest absolute Gasteiger partial charge is 0.411 e. The minimum atomic E-state index is -0.497. The van der Waals surface area contributed by atoms with Gasteiger partial charge in [0.25, 0.3) is 0 Å². The molecule has 2 amide bonds. The highest BCUT2D eigenvalue weighted by Gasteiger charge is 2.18. The molecule has 150 valence electrons. The lowest BCUT2D eigenvalue weighted by molar-refractivity contribution is -0.120. The molecule has 0 aliphatic heterocycles. The van der Waals surface area contributed by atoms with Crippen LogP contribution in [0.1, 0.15) is 37.9 Å². The summed E-state index contributed by atoms with van der Waals surface area (Å²) >= 11 is 0. The SMILES string of the molecule is CCOC(=O)Nc1cccc(NCC(=O)NC(c2ccccc2)C(C)C)c1C. The van der Waals surface area contributed by atoms with Crippen molar-refractivity contribution in [1.82, 2.24) is 5.32 Å². The Morgan fingerprint density at radius 3 is 2.32 bits per heavy atom. The summed E-state index contributed by atoms with van der Waals surface area (Å²) in [5.41, 5.74) is 3.35. The second-order valence-corrected chi connectivity index (χ2v) is 6.88. The van der Waals surface area contributed by atoms with Crippen LogP contribution in [0.25, 0.3) is 0 Å². The Morgan fingerprint density at radius 2 is 1.68 bits per heavy atom. The maximum atomic E-state index is 12.5. The fourth-order valence-electron chi connectivity index (χ4n) is 2.93. The summed E-state index contributed by atoms with van der Waals surface area (Å²) in [4.78, 5) is 24.1. The Morgan fingerprint density at radius 1 is 1.00 bits per heavy atom. The van der Waals surface area contributed by atoms with Crippen LogP contribution >= 0.6 is 0 Å². The van der Waals surface area contributed by atoms with E-state index in [-0.39, 0.29) is 24.4 Å². The first-order valence-electron chi connectivity index (χ1n) is 9.54. The predicted octanol–water partition coefficient (Wildman–Crippen LogP) is 4.49. The highest BCUT2D eigenvalue weighted by Crippen LogP contribution is 2.24. The molecule has 6 nitrogen and oxygen atoms in total. The van der Waals surface area contributed by atoms with Gasteiger partial charge in [0, 0.05) is 11.4 Å². The lowest BCUT2D eigenvalue weighted by Gasteiger charge is -2.23. The number of carbonyl (C=O) groups excluding carboxylic acids is 2. The van der Waals surface area contributed by atoms with Gasteiger partial charge in [-0.05, 0) is 43.0 Å². The number of amides is 2. The summed E-state index contributed by atoms with van der Waals surface area (Å²) in [6.45, 7) is 8.24. The van der Waals surface area contributed by atoms with E-state index in [9.17, 15) is 9.59 Å². The van der Waals surface area contributed by atoms with E-state index in [0.29, 0.717) is 12.3 Å². The highest BCUT2D eigenvalue weighted by atomic mass is 16.5. The van der Waals surface area contributed by atoms with E-state index >= 15 is 0 Å². The Bertz CT molecular complexity index is 791. The average molecular weight is 383 g/mol. The van der Waals surface area contributed by atoms with E-state index < -0.39 is 6.09 Å². The van der Waals surface area contributed by atoms with Gasteiger partial charge in [0.15, 0.2) is 0 Å². The standard InChI is InChI=1S/C22H29N3O3/c1-5-28-22(27)24-19-13-9-12-18(16(19)4)23-14-20(26)25-21(15(2)3)17-10-7-6-8-11-17/h6-13,15,21,23H,5,14H2,1-4H3,(H,24,27)(H,25,26). The van der Waals surface area contributed by atoms with Crippen molar-refractivity contribution in [3.05, 3.63) is 59.7 Å². The van der Waals surface area contributed by atoms with E-state index in [4.69, 9.17) is 4.74 Å². The molecular weight excluding hydrogens is 354 g/mol. The van der Waals surface area contributed by atoms with E-state index in [1.54, 1.807) is 13.0 Å². The van der Waals surface area contributed by atoms with Crippen molar-refractivity contribution >= 4 is 23.4 Å². The van der Waals surface area contributed by atoms with E-state index in [2.05, 4.69) is 29.8 Å². The molecule has 2 aromatic carbocycles. The van der Waals surface area contributed by atoms with Crippen molar-refractivity contribution in [1.29, 1.82) is 0 Å². The topological polar surface area (TPSA) is 79.5 Å². The van der Waals surface area contributed by atoms with Gasteiger partial charge < -0.3 is 15.4 Å². The molecular formula is C22H29N3O3. The van der Waals surface area contributed by atoms with Crippen molar-refractivity contribution in [2.75, 3.05) is 23.8 Å². The summed E-state index contributed by atoms with van der Waals surface area (Å²) in [5, 5.41) is 8.95. The van der Waals surface area contributed by atoms with Gasteiger partial charge in [-0.1, -0.05) is 50.2 Å². The van der Waals surface area contributed by atoms with E-state index in [0.717, 1.165) is 16.8 Å². The highest BCUT2D eigenvalue weighted by molar-refractivity contribution is 5.88. The van der Waals surface area contributed by atoms with Gasteiger partial charge in [0.1, 0.15) is 0 Å². The molecule has 0 fully saturated rings. The third-order valence-electron chi connectivity index (χ3n) is 4.43. The summed E-state index contributed by atoms with van der Waals surface area (Å²) in [5.74, 6) is 0.177. The van der Waals surface area contributed by atoms with Gasteiger partial charge in [-0.25, -0.2) is 4.79 Å². The zero-order valence-electron chi connectivity index (χ0n) is 16.9. The lowest BCUT2D eigenvalue weighted by atomic mass is 9.96. The van der Waals surface area contributed by atoms with Crippen LogP contribution in [0.2, 0.25) is 0 Å². The van der Waals surface area contributed by atoms with Crippen LogP contribution in [-0.4, -0.2) is 25.2 Å². The molecule has 0 aromatic heterocycles. The van der Waals surface area contributed by atoms with Gasteiger partial charge in [0.2, 0.25) is 5.91 Å². The summed E-state index contributed by atoms with van der Waals surface area (Å²) < 4.78 is 4.91. The average Bonchev–Trinajstić information content (AvgIpc) is 2.67. The normalized spacial score (nSPS) is 11.6. The van der Waals surface area contributed by atoms with Crippen molar-refractivity contribution in [3.63, 3.8) is 0 Å². The number of ether oxygens (including phenoxy) is 1. The molecule has 0 bridgehead atoms. The summed E-state index contributed by atoms with van der Waals surface area (Å²) in [6, 6.07) is 15.4. The molecule has 2 rings (SSSR count). The Hall–Kier alpha value is -3.02. The van der Waals surface area contributed by atoms with Gasteiger partial charge in [-0.2, -0.15) is 0 Å². The maximum Gasteiger partial charge on any atom is 0.411 e. The number of benzene rings is 2. The largest absolute Gasteiger partial charge is 0.450 e. The van der Waals surface area contributed by atoms with Gasteiger partial charge in [0.05, 0.1) is 19.2 Å². The first-order chi connectivity index (χ1) is 13.4. The van der Waals surface area contributed by atoms with Crippen LogP contribution < -0.4 is 16.0 Å². The lowest BCUT2D eigenvalue weighted by Crippen LogP contribution is -2.35. The molecule has 2 aromatic rings. The Balaban J connectivity index is 1.99. The number of nitrogens with one attached hydrogen (secondary N) is 3. The molecule has 0 saturated carbocycles. The van der Waals surface area contributed by atoms with Crippen molar-refractivity contribution in [2.45, 2.75) is 33.7 Å². The molecule has 0 aliphatic rings. The van der Waals surface area contributed by atoms with Crippen molar-refractivity contribution < 1.29 is 14.3 Å². The molecule has 3 N–H and O–H groups in total. The molecule has 28 heavy (non-hydrogen) atoms. The molecule has 0 spiro atoms. The minimum Gasteiger partial charge on any atom is -0.450 e. The van der Waals surface area contributed by atoms with Gasteiger partial charge in [-0.15, -0.1) is 0 Å². The van der Waals surface area contributed by atoms with Crippen molar-refractivity contribution in [3.8, 4) is 0 Å². The van der Waals surface area contributed by atoms with Crippen LogP contribution in [0.5, 0.6) is 0 Å². The van der Waals surface area contributed by atoms with E-state index in [1.165, 1.54) is 0 Å². The fraction of sp³-hybridized carbons (Fsp3) is 0.364. The molecule has 0 saturated heterocycles. The van der Waals surface area contributed by atoms with Gasteiger partial charge >= 0.3 is 6.09 Å². The minimum absolute atomic E-state index is 0.0478. The maximum absolute atomic E-state index is 12.5. The monoisotopic (exact) mass is 383 g/mol. The first-order valence-corrected chi connectivity index (χ1v) is 9.54. The summed E-state index contributed by atoms with van der Waals surface area (Å²) in [6.07, 6.45) is -0.497. The number of carbonyl (C=O) groups is 2.